The van der Waals surface area contributed by atoms with E-state index in [1.54, 1.807) is 26.0 Å². The molecule has 0 saturated heterocycles. The summed E-state index contributed by atoms with van der Waals surface area (Å²) in [7, 11) is 0. The zero-order chi connectivity index (χ0) is 21.0. The van der Waals surface area contributed by atoms with Crippen molar-refractivity contribution < 1.29 is 13.9 Å². The predicted molar refractivity (Wildman–Crippen MR) is 108 cm³/mol. The Morgan fingerprint density at radius 2 is 1.97 bits per heavy atom. The summed E-state index contributed by atoms with van der Waals surface area (Å²) < 4.78 is 11.2. The zero-order valence-corrected chi connectivity index (χ0v) is 16.9. The molecule has 1 aromatic heterocycles. The molecule has 1 N–H and O–H groups in total. The summed E-state index contributed by atoms with van der Waals surface area (Å²) in [5.74, 6) is 0.191. The predicted octanol–water partition coefficient (Wildman–Crippen LogP) is 4.67. The fraction of sp³-hybridized carbons (Fsp3) is 0.238. The highest BCUT2D eigenvalue weighted by Gasteiger charge is 2.28. The lowest BCUT2D eigenvalue weighted by Gasteiger charge is -2.24. The minimum absolute atomic E-state index is 0.262. The van der Waals surface area contributed by atoms with Gasteiger partial charge in [-0.15, -0.1) is 10.2 Å². The average Bonchev–Trinajstić information content (AvgIpc) is 3.19. The molecular weight excluding hydrogens is 392 g/mol. The largest absolute Gasteiger partial charge is 0.460 e. The van der Waals surface area contributed by atoms with Crippen molar-refractivity contribution in [2.75, 3.05) is 5.32 Å². The molecule has 0 radical (unpaired) electrons. The first-order chi connectivity index (χ1) is 13.9. The monoisotopic (exact) mass is 410 g/mol. The van der Waals surface area contributed by atoms with E-state index < -0.39 is 18.1 Å². The first kappa shape index (κ1) is 20.4. The van der Waals surface area contributed by atoms with E-state index in [1.165, 1.54) is 6.92 Å². The van der Waals surface area contributed by atoms with Gasteiger partial charge in [-0.25, -0.2) is 0 Å². The second-order valence-corrected chi connectivity index (χ2v) is 6.84. The van der Waals surface area contributed by atoms with Crippen LogP contribution >= 0.6 is 11.6 Å². The quantitative estimate of drug-likeness (QED) is 0.589. The lowest BCUT2D eigenvalue weighted by atomic mass is 10.1. The summed E-state index contributed by atoms with van der Waals surface area (Å²) in [5.41, 5.74) is 2.51. The number of aromatic nitrogens is 2. The molecule has 0 unspecified atom stereocenters. The van der Waals surface area contributed by atoms with Gasteiger partial charge in [0.25, 0.3) is 0 Å². The minimum atomic E-state index is -0.619. The summed E-state index contributed by atoms with van der Waals surface area (Å²) in [6, 6.07) is 14.2. The maximum atomic E-state index is 11.5. The van der Waals surface area contributed by atoms with Crippen LogP contribution in [0.15, 0.2) is 46.9 Å². The lowest BCUT2D eigenvalue weighted by Crippen LogP contribution is -2.28. The average molecular weight is 411 g/mol. The first-order valence-electron chi connectivity index (χ1n) is 8.92. The molecule has 148 valence electrons. The summed E-state index contributed by atoms with van der Waals surface area (Å²) in [6.07, 6.45) is -0.606. The van der Waals surface area contributed by atoms with Gasteiger partial charge in [-0.05, 0) is 43.7 Å². The summed E-state index contributed by atoms with van der Waals surface area (Å²) >= 11 is 6.28. The number of ether oxygens (including phenoxy) is 1. The molecule has 0 saturated carbocycles. The van der Waals surface area contributed by atoms with E-state index in [2.05, 4.69) is 15.5 Å². The van der Waals surface area contributed by atoms with Crippen LogP contribution in [0.4, 0.5) is 5.69 Å². The van der Waals surface area contributed by atoms with Crippen molar-refractivity contribution in [2.24, 2.45) is 0 Å². The van der Waals surface area contributed by atoms with Crippen molar-refractivity contribution in [3.8, 4) is 17.5 Å². The number of nitrogens with zero attached hydrogens (tertiary/aromatic N) is 3. The molecule has 7 nitrogen and oxygen atoms in total. The van der Waals surface area contributed by atoms with E-state index in [0.717, 1.165) is 5.56 Å². The fourth-order valence-electron chi connectivity index (χ4n) is 2.86. The molecular formula is C21H19ClN4O3. The fourth-order valence-corrected chi connectivity index (χ4v) is 3.07. The summed E-state index contributed by atoms with van der Waals surface area (Å²) in [4.78, 5) is 11.5. The smallest absolute Gasteiger partial charge is 0.302 e. The van der Waals surface area contributed by atoms with Gasteiger partial charge in [-0.3, -0.25) is 4.79 Å². The van der Waals surface area contributed by atoms with Gasteiger partial charge in [0.05, 0.1) is 10.6 Å². The normalized spacial score (nSPS) is 12.7. The third-order valence-electron chi connectivity index (χ3n) is 4.37. The van der Waals surface area contributed by atoms with Crippen LogP contribution in [0.2, 0.25) is 5.02 Å². The van der Waals surface area contributed by atoms with Crippen molar-refractivity contribution >= 4 is 23.3 Å². The van der Waals surface area contributed by atoms with Crippen LogP contribution in [-0.4, -0.2) is 22.3 Å². The van der Waals surface area contributed by atoms with E-state index in [1.807, 2.05) is 36.4 Å². The highest BCUT2D eigenvalue weighted by atomic mass is 35.5. The van der Waals surface area contributed by atoms with Crippen LogP contribution in [0, 0.1) is 18.3 Å². The van der Waals surface area contributed by atoms with Crippen molar-refractivity contribution in [1.82, 2.24) is 10.2 Å². The van der Waals surface area contributed by atoms with Gasteiger partial charge < -0.3 is 14.5 Å². The van der Waals surface area contributed by atoms with E-state index in [-0.39, 0.29) is 5.89 Å². The molecule has 0 aliphatic rings. The van der Waals surface area contributed by atoms with Crippen LogP contribution in [-0.2, 0) is 9.53 Å². The second-order valence-electron chi connectivity index (χ2n) is 6.46. The summed E-state index contributed by atoms with van der Waals surface area (Å²) in [6.45, 7) is 4.86. The van der Waals surface area contributed by atoms with E-state index in [0.29, 0.717) is 27.7 Å². The zero-order valence-electron chi connectivity index (χ0n) is 16.1. The molecule has 0 bridgehead atoms. The molecule has 1 heterocycles. The third kappa shape index (κ3) is 4.55. The minimum Gasteiger partial charge on any atom is -0.460 e. The Hall–Kier alpha value is -3.37. The molecule has 3 aromatic rings. The van der Waals surface area contributed by atoms with Gasteiger partial charge in [0.2, 0.25) is 11.8 Å². The number of esters is 1. The lowest BCUT2D eigenvalue weighted by molar-refractivity contribution is -0.146. The number of nitriles is 1. The second kappa shape index (κ2) is 8.76. The number of rotatable bonds is 6. The Morgan fingerprint density at radius 3 is 2.62 bits per heavy atom. The van der Waals surface area contributed by atoms with Crippen LogP contribution in [0.3, 0.4) is 0 Å². The topological polar surface area (TPSA) is 101 Å². The SMILES string of the molecule is CC(=O)O[C@@H](C)[C@@H](Nc1ccc(C#N)c(Cl)c1C)c1nnc(-c2ccccc2)o1. The molecule has 3 rings (SSSR count). The number of hydrogen-bond acceptors (Lipinski definition) is 7. The van der Waals surface area contributed by atoms with Crippen LogP contribution < -0.4 is 5.32 Å². The maximum absolute atomic E-state index is 11.5. The third-order valence-corrected chi connectivity index (χ3v) is 4.85. The van der Waals surface area contributed by atoms with Gasteiger partial charge in [0.1, 0.15) is 18.2 Å². The number of halogens is 1. The van der Waals surface area contributed by atoms with Crippen LogP contribution in [0.1, 0.15) is 36.9 Å². The highest BCUT2D eigenvalue weighted by Crippen LogP contribution is 2.32. The van der Waals surface area contributed by atoms with Crippen LogP contribution in [0.25, 0.3) is 11.5 Å². The molecule has 0 fully saturated rings. The molecule has 0 amide bonds. The molecule has 2 aromatic carbocycles. The Bertz CT molecular complexity index is 1060. The van der Waals surface area contributed by atoms with Gasteiger partial charge in [0, 0.05) is 18.2 Å². The Morgan fingerprint density at radius 1 is 1.24 bits per heavy atom. The molecule has 0 spiro atoms. The number of carbonyl (C=O) groups excluding carboxylic acids is 1. The van der Waals surface area contributed by atoms with Crippen LogP contribution in [0.5, 0.6) is 0 Å². The maximum Gasteiger partial charge on any atom is 0.302 e. The van der Waals surface area contributed by atoms with Crippen molar-refractivity contribution in [3.05, 3.63) is 64.5 Å². The first-order valence-corrected chi connectivity index (χ1v) is 9.30. The van der Waals surface area contributed by atoms with E-state index in [4.69, 9.17) is 26.0 Å². The number of nitrogens with one attached hydrogen (secondary N) is 1. The van der Waals surface area contributed by atoms with Gasteiger partial charge in [0.15, 0.2) is 0 Å². The molecule has 29 heavy (non-hydrogen) atoms. The Labute approximate surface area is 173 Å². The number of carbonyl (C=O) groups is 1. The van der Waals surface area contributed by atoms with Gasteiger partial charge >= 0.3 is 5.97 Å². The van der Waals surface area contributed by atoms with Crippen molar-refractivity contribution in [3.63, 3.8) is 0 Å². The highest BCUT2D eigenvalue weighted by molar-refractivity contribution is 6.32. The number of anilines is 1. The molecule has 2 atom stereocenters. The summed E-state index contributed by atoms with van der Waals surface area (Å²) in [5, 5.41) is 21.0. The number of benzene rings is 2. The van der Waals surface area contributed by atoms with Gasteiger partial charge in [-0.2, -0.15) is 5.26 Å². The van der Waals surface area contributed by atoms with Crippen molar-refractivity contribution in [1.29, 1.82) is 5.26 Å². The molecule has 0 aliphatic carbocycles. The molecule has 0 aliphatic heterocycles. The van der Waals surface area contributed by atoms with E-state index in [9.17, 15) is 4.79 Å². The molecule has 8 heteroatoms. The standard InChI is InChI=1S/C21H19ClN4O3/c1-12-17(10-9-16(11-23)18(12)22)24-19(13(2)28-14(3)27)21-26-25-20(29-21)15-7-5-4-6-8-15/h4-10,13,19,24H,1-3H3/t13-,19+/m0/s1. The number of hydrogen-bond donors (Lipinski definition) is 1. The van der Waals surface area contributed by atoms with Crippen molar-refractivity contribution in [2.45, 2.75) is 32.9 Å². The van der Waals surface area contributed by atoms with Gasteiger partial charge in [-0.1, -0.05) is 29.8 Å². The Balaban J connectivity index is 1.96. The Kier molecular flexibility index (Phi) is 6.15. The van der Waals surface area contributed by atoms with E-state index >= 15 is 0 Å².